The quantitative estimate of drug-likeness (QED) is 0.790. The van der Waals surface area contributed by atoms with Crippen LogP contribution in [0.3, 0.4) is 0 Å². The van der Waals surface area contributed by atoms with E-state index in [0.29, 0.717) is 12.8 Å². The van der Waals surface area contributed by atoms with Crippen molar-refractivity contribution < 1.29 is 14.4 Å². The van der Waals surface area contributed by atoms with E-state index in [0.717, 1.165) is 10.5 Å². The first-order valence-electron chi connectivity index (χ1n) is 5.85. The summed E-state index contributed by atoms with van der Waals surface area (Å²) in [7, 11) is 0. The van der Waals surface area contributed by atoms with Gasteiger partial charge in [-0.3, -0.25) is 19.8 Å². The summed E-state index contributed by atoms with van der Waals surface area (Å²) in [5, 5.41) is 2.26. The Hall–Kier alpha value is -2.17. The molecule has 2 aliphatic rings. The summed E-state index contributed by atoms with van der Waals surface area (Å²) in [6, 6.07) is 8.63. The molecule has 4 amide bonds. The van der Waals surface area contributed by atoms with Crippen LogP contribution in [0.25, 0.3) is 0 Å². The zero-order valence-corrected chi connectivity index (χ0v) is 9.68. The number of imide groups is 2. The van der Waals surface area contributed by atoms with E-state index in [1.165, 1.54) is 0 Å². The molecule has 1 spiro atoms. The molecule has 18 heavy (non-hydrogen) atoms. The van der Waals surface area contributed by atoms with Gasteiger partial charge in [0.15, 0.2) is 0 Å². The van der Waals surface area contributed by atoms with E-state index in [1.807, 2.05) is 30.3 Å². The van der Waals surface area contributed by atoms with Crippen LogP contribution in [-0.2, 0) is 16.1 Å². The maximum atomic E-state index is 12.2. The zero-order chi connectivity index (χ0) is 12.8. The van der Waals surface area contributed by atoms with Crippen molar-refractivity contribution in [2.24, 2.45) is 5.41 Å². The highest BCUT2D eigenvalue weighted by atomic mass is 16.2. The lowest BCUT2D eigenvalue weighted by Crippen LogP contribution is -2.58. The summed E-state index contributed by atoms with van der Waals surface area (Å²) in [5.41, 5.74) is -0.0889. The summed E-state index contributed by atoms with van der Waals surface area (Å²) in [5.74, 6) is -0.804. The molecule has 1 saturated carbocycles. The highest BCUT2D eigenvalue weighted by Crippen LogP contribution is 2.49. The van der Waals surface area contributed by atoms with Gasteiger partial charge in [-0.15, -0.1) is 0 Å². The summed E-state index contributed by atoms with van der Waals surface area (Å²) < 4.78 is 0. The van der Waals surface area contributed by atoms with Crippen molar-refractivity contribution in [3.05, 3.63) is 35.9 Å². The molecule has 2 fully saturated rings. The fraction of sp³-hybridized carbons (Fsp3) is 0.308. The van der Waals surface area contributed by atoms with E-state index in [4.69, 9.17) is 0 Å². The van der Waals surface area contributed by atoms with Gasteiger partial charge in [-0.2, -0.15) is 0 Å². The summed E-state index contributed by atoms with van der Waals surface area (Å²) in [6.07, 6.45) is 1.08. The average Bonchev–Trinajstić information content (AvgIpc) is 3.16. The molecule has 1 aromatic rings. The van der Waals surface area contributed by atoms with Gasteiger partial charge in [-0.1, -0.05) is 30.3 Å². The lowest BCUT2D eigenvalue weighted by Gasteiger charge is -2.30. The van der Waals surface area contributed by atoms with E-state index >= 15 is 0 Å². The van der Waals surface area contributed by atoms with Gasteiger partial charge in [0.1, 0.15) is 5.41 Å². The number of carbonyl (C=O) groups is 3. The maximum absolute atomic E-state index is 12.2. The molecule has 1 aliphatic heterocycles. The van der Waals surface area contributed by atoms with Crippen LogP contribution in [0.15, 0.2) is 30.3 Å². The number of nitrogens with zero attached hydrogens (tertiary/aromatic N) is 1. The molecule has 0 aromatic heterocycles. The predicted octanol–water partition coefficient (Wildman–Crippen LogP) is 1.05. The van der Waals surface area contributed by atoms with Crippen LogP contribution >= 0.6 is 0 Å². The first-order chi connectivity index (χ1) is 8.63. The topological polar surface area (TPSA) is 66.5 Å². The maximum Gasteiger partial charge on any atom is 0.331 e. The molecule has 5 heteroatoms. The Kier molecular flexibility index (Phi) is 2.23. The van der Waals surface area contributed by atoms with E-state index in [9.17, 15) is 14.4 Å². The van der Waals surface area contributed by atoms with Gasteiger partial charge in [0.25, 0.3) is 0 Å². The van der Waals surface area contributed by atoms with Crippen LogP contribution < -0.4 is 5.32 Å². The fourth-order valence-corrected chi connectivity index (χ4v) is 2.21. The normalized spacial score (nSPS) is 21.1. The Morgan fingerprint density at radius 3 is 2.39 bits per heavy atom. The second-order valence-electron chi connectivity index (χ2n) is 4.72. The Labute approximate surface area is 104 Å². The second-order valence-corrected chi connectivity index (χ2v) is 4.72. The molecular weight excluding hydrogens is 232 g/mol. The number of carbonyl (C=O) groups excluding carboxylic acids is 3. The minimum absolute atomic E-state index is 0.209. The smallest absolute Gasteiger partial charge is 0.277 e. The first-order valence-corrected chi connectivity index (χ1v) is 5.85. The van der Waals surface area contributed by atoms with Crippen molar-refractivity contribution in [2.45, 2.75) is 19.4 Å². The SMILES string of the molecule is O=C1NC(=O)C2(CC2)C(=O)N1Cc1ccccc1. The predicted molar refractivity (Wildman–Crippen MR) is 62.2 cm³/mol. The molecule has 5 nitrogen and oxygen atoms in total. The summed E-state index contributed by atoms with van der Waals surface area (Å²) >= 11 is 0. The summed E-state index contributed by atoms with van der Waals surface area (Å²) in [6.45, 7) is 0.209. The highest BCUT2D eigenvalue weighted by molar-refractivity contribution is 6.20. The van der Waals surface area contributed by atoms with Crippen molar-refractivity contribution in [3.8, 4) is 0 Å². The van der Waals surface area contributed by atoms with Crippen molar-refractivity contribution in [1.29, 1.82) is 0 Å². The summed E-state index contributed by atoms with van der Waals surface area (Å²) in [4.78, 5) is 36.6. The third-order valence-corrected chi connectivity index (χ3v) is 3.49. The molecule has 1 saturated heterocycles. The van der Waals surface area contributed by atoms with Crippen LogP contribution in [0.1, 0.15) is 18.4 Å². The lowest BCUT2D eigenvalue weighted by atomic mass is 10.0. The Bertz CT molecular complexity index is 534. The van der Waals surface area contributed by atoms with Gasteiger partial charge in [0, 0.05) is 0 Å². The molecular formula is C13H12N2O3. The second kappa shape index (κ2) is 3.66. The first kappa shape index (κ1) is 11.0. The van der Waals surface area contributed by atoms with Crippen molar-refractivity contribution in [3.63, 3.8) is 0 Å². The molecule has 1 N–H and O–H groups in total. The van der Waals surface area contributed by atoms with Gasteiger partial charge in [-0.05, 0) is 18.4 Å². The molecule has 3 rings (SSSR count). The Balaban J connectivity index is 1.85. The van der Waals surface area contributed by atoms with Crippen molar-refractivity contribution >= 4 is 17.8 Å². The molecule has 0 atom stereocenters. The molecule has 1 aromatic carbocycles. The molecule has 1 aliphatic carbocycles. The van der Waals surface area contributed by atoms with E-state index in [1.54, 1.807) is 0 Å². The van der Waals surface area contributed by atoms with E-state index < -0.39 is 17.4 Å². The number of rotatable bonds is 2. The van der Waals surface area contributed by atoms with Crippen molar-refractivity contribution in [1.82, 2.24) is 10.2 Å². The third kappa shape index (κ3) is 1.51. The molecule has 0 radical (unpaired) electrons. The molecule has 92 valence electrons. The standard InChI is InChI=1S/C13H12N2O3/c16-10-13(6-7-13)11(17)15(12(18)14-10)8-9-4-2-1-3-5-9/h1-5H,6-8H2,(H,14,16,18). The van der Waals surface area contributed by atoms with Crippen LogP contribution in [0.2, 0.25) is 0 Å². The lowest BCUT2D eigenvalue weighted by molar-refractivity contribution is -0.145. The van der Waals surface area contributed by atoms with Crippen LogP contribution in [-0.4, -0.2) is 22.7 Å². The van der Waals surface area contributed by atoms with E-state index in [2.05, 4.69) is 5.32 Å². The third-order valence-electron chi connectivity index (χ3n) is 3.49. The fourth-order valence-electron chi connectivity index (χ4n) is 2.21. The van der Waals surface area contributed by atoms with Crippen LogP contribution in [0.4, 0.5) is 4.79 Å². The Morgan fingerprint density at radius 2 is 1.78 bits per heavy atom. The van der Waals surface area contributed by atoms with Gasteiger partial charge in [-0.25, -0.2) is 4.79 Å². The number of hydrogen-bond donors (Lipinski definition) is 1. The van der Waals surface area contributed by atoms with Gasteiger partial charge in [0.05, 0.1) is 6.54 Å². The average molecular weight is 244 g/mol. The van der Waals surface area contributed by atoms with E-state index in [-0.39, 0.29) is 12.5 Å². The minimum atomic E-state index is -0.956. The van der Waals surface area contributed by atoms with Crippen molar-refractivity contribution in [2.75, 3.05) is 0 Å². The number of amides is 4. The zero-order valence-electron chi connectivity index (χ0n) is 9.68. The minimum Gasteiger partial charge on any atom is -0.277 e. The molecule has 0 bridgehead atoms. The molecule has 1 heterocycles. The number of urea groups is 1. The van der Waals surface area contributed by atoms with Gasteiger partial charge < -0.3 is 0 Å². The monoisotopic (exact) mass is 244 g/mol. The highest BCUT2D eigenvalue weighted by Gasteiger charge is 2.62. The van der Waals surface area contributed by atoms with Crippen LogP contribution in [0.5, 0.6) is 0 Å². The van der Waals surface area contributed by atoms with Crippen LogP contribution in [0, 0.1) is 5.41 Å². The number of barbiturate groups is 1. The number of nitrogens with one attached hydrogen (secondary N) is 1. The largest absolute Gasteiger partial charge is 0.331 e. The van der Waals surface area contributed by atoms with Gasteiger partial charge >= 0.3 is 6.03 Å². The number of hydrogen-bond acceptors (Lipinski definition) is 3. The van der Waals surface area contributed by atoms with Gasteiger partial charge in [0.2, 0.25) is 11.8 Å². The Morgan fingerprint density at radius 1 is 1.11 bits per heavy atom. The molecule has 0 unspecified atom stereocenters. The number of benzene rings is 1.